The zero-order valence-electron chi connectivity index (χ0n) is 10.1. The van der Waals surface area contributed by atoms with Crippen LogP contribution in [0, 0.1) is 19.7 Å². The van der Waals surface area contributed by atoms with Gasteiger partial charge in [-0.1, -0.05) is 12.1 Å². The van der Waals surface area contributed by atoms with Crippen LogP contribution in [0.4, 0.5) is 4.39 Å². The highest BCUT2D eigenvalue weighted by Crippen LogP contribution is 2.23. The van der Waals surface area contributed by atoms with Crippen LogP contribution in [0.5, 0.6) is 0 Å². The van der Waals surface area contributed by atoms with Gasteiger partial charge in [-0.3, -0.25) is 0 Å². The van der Waals surface area contributed by atoms with Gasteiger partial charge in [-0.05, 0) is 32.4 Å². The Bertz CT molecular complexity index is 545. The number of nitrogens with two attached hydrogens (primary N) is 1. The summed E-state index contributed by atoms with van der Waals surface area (Å²) >= 11 is 0. The van der Waals surface area contributed by atoms with Crippen LogP contribution in [0.25, 0.3) is 5.69 Å². The fourth-order valence-electron chi connectivity index (χ4n) is 1.86. The zero-order valence-corrected chi connectivity index (χ0v) is 10.1. The van der Waals surface area contributed by atoms with Crippen molar-refractivity contribution in [1.29, 1.82) is 0 Å². The van der Waals surface area contributed by atoms with Gasteiger partial charge in [0.2, 0.25) is 0 Å². The van der Waals surface area contributed by atoms with Crippen LogP contribution >= 0.6 is 0 Å². The topological polar surface area (TPSA) is 56.7 Å². The summed E-state index contributed by atoms with van der Waals surface area (Å²) in [5, 5.41) is 4.19. The van der Waals surface area contributed by atoms with E-state index < -0.39 is 0 Å². The molecule has 90 valence electrons. The molecule has 2 N–H and O–H groups in total. The number of benzene rings is 1. The molecule has 0 aliphatic heterocycles. The Morgan fingerprint density at radius 3 is 2.59 bits per heavy atom. The number of hydrogen-bond donors (Lipinski definition) is 1. The van der Waals surface area contributed by atoms with Crippen LogP contribution in [-0.4, -0.2) is 14.8 Å². The minimum atomic E-state index is -0.340. The minimum Gasteiger partial charge on any atom is -0.324 e. The molecule has 0 amide bonds. The number of hydrogen-bond acceptors (Lipinski definition) is 3. The van der Waals surface area contributed by atoms with Crippen molar-refractivity contribution in [3.8, 4) is 5.69 Å². The van der Waals surface area contributed by atoms with Crippen LogP contribution in [-0.2, 0) is 0 Å². The second-order valence-electron chi connectivity index (χ2n) is 4.08. The third-order valence-electron chi connectivity index (χ3n) is 2.60. The molecule has 1 heterocycles. The second kappa shape index (κ2) is 4.25. The summed E-state index contributed by atoms with van der Waals surface area (Å²) < 4.78 is 15.4. The van der Waals surface area contributed by atoms with Crippen molar-refractivity contribution in [2.45, 2.75) is 26.8 Å². The maximum atomic E-state index is 13.9. The van der Waals surface area contributed by atoms with Gasteiger partial charge in [0.1, 0.15) is 23.2 Å². The molecule has 0 saturated carbocycles. The SMILES string of the molecule is Cc1nc(C)n(-c2c(F)cccc2[C@@H](C)N)n1. The summed E-state index contributed by atoms with van der Waals surface area (Å²) in [7, 11) is 0. The van der Waals surface area contributed by atoms with E-state index in [-0.39, 0.29) is 11.9 Å². The Morgan fingerprint density at radius 1 is 1.35 bits per heavy atom. The Labute approximate surface area is 99.3 Å². The standard InChI is InChI=1S/C12H15FN4/c1-7(14)10-5-4-6-11(13)12(10)17-9(3)15-8(2)16-17/h4-7H,14H2,1-3H3/t7-/m1/s1. The van der Waals surface area contributed by atoms with E-state index in [0.29, 0.717) is 17.3 Å². The van der Waals surface area contributed by atoms with E-state index in [0.717, 1.165) is 5.56 Å². The molecule has 2 aromatic rings. The fourth-order valence-corrected chi connectivity index (χ4v) is 1.86. The highest BCUT2D eigenvalue weighted by atomic mass is 19.1. The predicted molar refractivity (Wildman–Crippen MR) is 63.4 cm³/mol. The molecular formula is C12H15FN4. The molecule has 0 saturated heterocycles. The fraction of sp³-hybridized carbons (Fsp3) is 0.333. The summed E-state index contributed by atoms with van der Waals surface area (Å²) in [5.74, 6) is 0.920. The summed E-state index contributed by atoms with van der Waals surface area (Å²) in [6, 6.07) is 4.60. The van der Waals surface area contributed by atoms with Crippen molar-refractivity contribution < 1.29 is 4.39 Å². The van der Waals surface area contributed by atoms with Crippen molar-refractivity contribution in [2.75, 3.05) is 0 Å². The molecule has 0 fully saturated rings. The molecule has 1 aromatic carbocycles. The van der Waals surface area contributed by atoms with Gasteiger partial charge in [0.05, 0.1) is 0 Å². The average Bonchev–Trinajstić information content (AvgIpc) is 2.57. The normalized spacial score (nSPS) is 12.8. The Morgan fingerprint density at radius 2 is 2.06 bits per heavy atom. The predicted octanol–water partition coefficient (Wildman–Crippen LogP) is 2.04. The molecule has 0 unspecified atom stereocenters. The maximum Gasteiger partial charge on any atom is 0.149 e. The average molecular weight is 234 g/mol. The Hall–Kier alpha value is -1.75. The first-order valence-corrected chi connectivity index (χ1v) is 5.45. The van der Waals surface area contributed by atoms with E-state index in [2.05, 4.69) is 10.1 Å². The van der Waals surface area contributed by atoms with Crippen LogP contribution < -0.4 is 5.73 Å². The molecule has 1 atom stereocenters. The van der Waals surface area contributed by atoms with Crippen molar-refractivity contribution in [3.63, 3.8) is 0 Å². The van der Waals surface area contributed by atoms with Crippen molar-refractivity contribution >= 4 is 0 Å². The lowest BCUT2D eigenvalue weighted by Gasteiger charge is -2.13. The lowest BCUT2D eigenvalue weighted by molar-refractivity contribution is 0.599. The van der Waals surface area contributed by atoms with Crippen LogP contribution in [0.15, 0.2) is 18.2 Å². The van der Waals surface area contributed by atoms with E-state index in [1.807, 2.05) is 6.92 Å². The van der Waals surface area contributed by atoms with E-state index in [9.17, 15) is 4.39 Å². The minimum absolute atomic E-state index is 0.260. The molecule has 0 aliphatic carbocycles. The lowest BCUT2D eigenvalue weighted by Crippen LogP contribution is -2.13. The number of aryl methyl sites for hydroxylation is 2. The molecule has 4 nitrogen and oxygen atoms in total. The third-order valence-corrected chi connectivity index (χ3v) is 2.60. The largest absolute Gasteiger partial charge is 0.324 e. The van der Waals surface area contributed by atoms with Gasteiger partial charge in [0.25, 0.3) is 0 Å². The monoisotopic (exact) mass is 234 g/mol. The van der Waals surface area contributed by atoms with Crippen LogP contribution in [0.1, 0.15) is 30.2 Å². The van der Waals surface area contributed by atoms with Crippen LogP contribution in [0.2, 0.25) is 0 Å². The number of aromatic nitrogens is 3. The smallest absolute Gasteiger partial charge is 0.149 e. The van der Waals surface area contributed by atoms with Crippen molar-refractivity contribution in [1.82, 2.24) is 14.8 Å². The van der Waals surface area contributed by atoms with E-state index in [1.54, 1.807) is 26.0 Å². The van der Waals surface area contributed by atoms with Crippen molar-refractivity contribution in [2.24, 2.45) is 5.73 Å². The number of para-hydroxylation sites is 1. The molecule has 0 spiro atoms. The van der Waals surface area contributed by atoms with Crippen molar-refractivity contribution in [3.05, 3.63) is 41.2 Å². The van der Waals surface area contributed by atoms with E-state index in [4.69, 9.17) is 5.73 Å². The lowest BCUT2D eigenvalue weighted by atomic mass is 10.1. The second-order valence-corrected chi connectivity index (χ2v) is 4.08. The summed E-state index contributed by atoms with van der Waals surface area (Å²) in [6.07, 6.45) is 0. The van der Waals surface area contributed by atoms with Gasteiger partial charge in [0.15, 0.2) is 0 Å². The molecule has 0 aliphatic rings. The number of nitrogens with zero attached hydrogens (tertiary/aromatic N) is 3. The number of rotatable bonds is 2. The first kappa shape index (κ1) is 11.7. The Balaban J connectivity index is 2.69. The molecular weight excluding hydrogens is 219 g/mol. The molecule has 5 heteroatoms. The highest BCUT2D eigenvalue weighted by Gasteiger charge is 2.16. The highest BCUT2D eigenvalue weighted by molar-refractivity contribution is 5.44. The van der Waals surface area contributed by atoms with Crippen LogP contribution in [0.3, 0.4) is 0 Å². The summed E-state index contributed by atoms with van der Waals surface area (Å²) in [6.45, 7) is 5.38. The first-order chi connectivity index (χ1) is 8.00. The molecule has 17 heavy (non-hydrogen) atoms. The van der Waals surface area contributed by atoms with Gasteiger partial charge in [-0.2, -0.15) is 5.10 Å². The molecule has 0 bridgehead atoms. The molecule has 0 radical (unpaired) electrons. The quantitative estimate of drug-likeness (QED) is 0.865. The summed E-state index contributed by atoms with van der Waals surface area (Å²) in [4.78, 5) is 4.17. The first-order valence-electron chi connectivity index (χ1n) is 5.45. The van der Waals surface area contributed by atoms with Gasteiger partial charge in [-0.15, -0.1) is 0 Å². The van der Waals surface area contributed by atoms with Gasteiger partial charge < -0.3 is 5.73 Å². The van der Waals surface area contributed by atoms with Gasteiger partial charge >= 0.3 is 0 Å². The van der Waals surface area contributed by atoms with Gasteiger partial charge in [0, 0.05) is 6.04 Å². The zero-order chi connectivity index (χ0) is 12.6. The van der Waals surface area contributed by atoms with E-state index >= 15 is 0 Å². The molecule has 2 rings (SSSR count). The molecule has 1 aromatic heterocycles. The summed E-state index contributed by atoms with van der Waals surface area (Å²) in [5.41, 5.74) is 6.96. The van der Waals surface area contributed by atoms with E-state index in [1.165, 1.54) is 10.7 Å². The third kappa shape index (κ3) is 2.06. The number of halogens is 1. The Kier molecular flexibility index (Phi) is 2.93. The van der Waals surface area contributed by atoms with Gasteiger partial charge in [-0.25, -0.2) is 14.1 Å². The maximum absolute atomic E-state index is 13.9.